The molecular weight excluding hydrogens is 370 g/mol. The molecule has 0 radical (unpaired) electrons. The minimum Gasteiger partial charge on any atom is -0.349 e. The van der Waals surface area contributed by atoms with Gasteiger partial charge in [0.05, 0.1) is 16.9 Å². The average molecular weight is 393 g/mol. The molecule has 2 heterocycles. The highest BCUT2D eigenvalue weighted by Crippen LogP contribution is 2.24. The van der Waals surface area contributed by atoms with Gasteiger partial charge in [-0.15, -0.1) is 0 Å². The molecule has 0 bridgehead atoms. The Hall–Kier alpha value is -2.26. The monoisotopic (exact) mass is 393 g/mol. The predicted octanol–water partition coefficient (Wildman–Crippen LogP) is 0.413. The average Bonchev–Trinajstić information content (AvgIpc) is 2.90. The first kappa shape index (κ1) is 19.5. The second-order valence-electron chi connectivity index (χ2n) is 7.03. The number of amides is 3. The molecule has 1 fully saturated rings. The molecule has 1 aromatic rings. The van der Waals surface area contributed by atoms with E-state index in [1.165, 1.54) is 9.21 Å². The normalized spacial score (nSPS) is 18.7. The van der Waals surface area contributed by atoms with Crippen LogP contribution in [0.25, 0.3) is 0 Å². The van der Waals surface area contributed by atoms with Crippen LogP contribution in [0, 0.1) is 5.92 Å². The van der Waals surface area contributed by atoms with Crippen LogP contribution in [0.5, 0.6) is 0 Å². The Morgan fingerprint density at radius 1 is 1.07 bits per heavy atom. The maximum absolute atomic E-state index is 12.6. The SMILES string of the molecule is CN(C)C(=O)C1CCN(S(=O)(=O)CCN2C(=O)c3ccccc3C2=O)CC1. The predicted molar refractivity (Wildman–Crippen MR) is 98.6 cm³/mol. The third kappa shape index (κ3) is 3.74. The Morgan fingerprint density at radius 2 is 1.59 bits per heavy atom. The van der Waals surface area contributed by atoms with Crippen LogP contribution in [0.15, 0.2) is 24.3 Å². The van der Waals surface area contributed by atoms with Gasteiger partial charge in [0.25, 0.3) is 11.8 Å². The van der Waals surface area contributed by atoms with Crippen LogP contribution in [0.2, 0.25) is 0 Å². The van der Waals surface area contributed by atoms with Crippen LogP contribution in [-0.2, 0) is 14.8 Å². The highest BCUT2D eigenvalue weighted by atomic mass is 32.2. The Kier molecular flexibility index (Phi) is 5.34. The van der Waals surface area contributed by atoms with Gasteiger partial charge in [-0.3, -0.25) is 19.3 Å². The summed E-state index contributed by atoms with van der Waals surface area (Å²) in [6, 6.07) is 6.47. The summed E-state index contributed by atoms with van der Waals surface area (Å²) in [6.07, 6.45) is 0.951. The third-order valence-electron chi connectivity index (χ3n) is 5.09. The van der Waals surface area contributed by atoms with E-state index in [4.69, 9.17) is 0 Å². The van der Waals surface area contributed by atoms with Crippen molar-refractivity contribution in [2.24, 2.45) is 5.92 Å². The summed E-state index contributed by atoms with van der Waals surface area (Å²) in [6.45, 7) is 0.370. The number of imide groups is 1. The summed E-state index contributed by atoms with van der Waals surface area (Å²) in [5.74, 6) is -1.38. The van der Waals surface area contributed by atoms with Crippen molar-refractivity contribution in [3.05, 3.63) is 35.4 Å². The maximum atomic E-state index is 12.6. The van der Waals surface area contributed by atoms with E-state index in [1.807, 2.05) is 0 Å². The highest BCUT2D eigenvalue weighted by Gasteiger charge is 2.37. The van der Waals surface area contributed by atoms with Gasteiger partial charge in [-0.25, -0.2) is 12.7 Å². The van der Waals surface area contributed by atoms with E-state index in [9.17, 15) is 22.8 Å². The molecule has 8 nitrogen and oxygen atoms in total. The molecule has 3 rings (SSSR count). The van der Waals surface area contributed by atoms with E-state index in [0.29, 0.717) is 24.0 Å². The van der Waals surface area contributed by atoms with Gasteiger partial charge in [0.15, 0.2) is 0 Å². The second-order valence-corrected chi connectivity index (χ2v) is 9.12. The number of carbonyl (C=O) groups is 3. The Bertz CT molecular complexity index is 838. The van der Waals surface area contributed by atoms with Gasteiger partial charge in [0.2, 0.25) is 15.9 Å². The molecule has 0 saturated carbocycles. The van der Waals surface area contributed by atoms with Crippen LogP contribution in [0.1, 0.15) is 33.6 Å². The van der Waals surface area contributed by atoms with Crippen LogP contribution in [0.4, 0.5) is 0 Å². The molecule has 0 N–H and O–H groups in total. The summed E-state index contributed by atoms with van der Waals surface area (Å²) in [7, 11) is -0.236. The molecule has 0 aliphatic carbocycles. The number of hydrogen-bond donors (Lipinski definition) is 0. The van der Waals surface area contributed by atoms with Crippen molar-refractivity contribution in [2.45, 2.75) is 12.8 Å². The van der Waals surface area contributed by atoms with Gasteiger partial charge in [-0.2, -0.15) is 0 Å². The lowest BCUT2D eigenvalue weighted by atomic mass is 9.97. The van der Waals surface area contributed by atoms with Gasteiger partial charge in [0, 0.05) is 39.6 Å². The minimum absolute atomic E-state index is 0.0121. The summed E-state index contributed by atoms with van der Waals surface area (Å²) >= 11 is 0. The lowest BCUT2D eigenvalue weighted by molar-refractivity contribution is -0.134. The highest BCUT2D eigenvalue weighted by molar-refractivity contribution is 7.89. The zero-order chi connectivity index (χ0) is 19.8. The van der Waals surface area contributed by atoms with E-state index in [0.717, 1.165) is 4.90 Å². The fourth-order valence-electron chi connectivity index (χ4n) is 3.52. The summed E-state index contributed by atoms with van der Waals surface area (Å²) in [4.78, 5) is 39.2. The number of benzene rings is 1. The van der Waals surface area contributed by atoms with Crippen molar-refractivity contribution in [1.82, 2.24) is 14.1 Å². The van der Waals surface area contributed by atoms with Crippen LogP contribution >= 0.6 is 0 Å². The number of fused-ring (bicyclic) bond motifs is 1. The van der Waals surface area contributed by atoms with Gasteiger partial charge in [0.1, 0.15) is 0 Å². The number of nitrogens with zero attached hydrogens (tertiary/aromatic N) is 3. The minimum atomic E-state index is -3.61. The smallest absolute Gasteiger partial charge is 0.261 e. The Morgan fingerprint density at radius 3 is 2.07 bits per heavy atom. The quantitative estimate of drug-likeness (QED) is 0.676. The van der Waals surface area contributed by atoms with Gasteiger partial charge in [-0.1, -0.05) is 12.1 Å². The van der Waals surface area contributed by atoms with Crippen LogP contribution < -0.4 is 0 Å². The van der Waals surface area contributed by atoms with Crippen molar-refractivity contribution in [3.63, 3.8) is 0 Å². The van der Waals surface area contributed by atoms with E-state index < -0.39 is 21.8 Å². The summed E-state index contributed by atoms with van der Waals surface area (Å²) < 4.78 is 26.6. The topological polar surface area (TPSA) is 95.1 Å². The maximum Gasteiger partial charge on any atom is 0.261 e. The molecule has 0 aromatic heterocycles. The number of hydrogen-bond acceptors (Lipinski definition) is 5. The van der Waals surface area contributed by atoms with Gasteiger partial charge >= 0.3 is 0 Å². The van der Waals surface area contributed by atoms with Crippen molar-refractivity contribution < 1.29 is 22.8 Å². The molecule has 1 aromatic carbocycles. The molecule has 3 amide bonds. The molecule has 2 aliphatic heterocycles. The van der Waals surface area contributed by atoms with E-state index >= 15 is 0 Å². The molecule has 146 valence electrons. The number of piperidine rings is 1. The molecule has 27 heavy (non-hydrogen) atoms. The van der Waals surface area contributed by atoms with Crippen molar-refractivity contribution in [2.75, 3.05) is 39.5 Å². The van der Waals surface area contributed by atoms with Crippen molar-refractivity contribution >= 4 is 27.7 Å². The van der Waals surface area contributed by atoms with E-state index in [2.05, 4.69) is 0 Å². The molecule has 0 spiro atoms. The third-order valence-corrected chi connectivity index (χ3v) is 6.94. The van der Waals surface area contributed by atoms with Gasteiger partial charge in [-0.05, 0) is 25.0 Å². The standard InChI is InChI=1S/C18H23N3O5S/c1-19(2)16(22)13-7-9-20(10-8-13)27(25,26)12-11-21-17(23)14-5-3-4-6-15(14)18(21)24/h3-6,13H,7-12H2,1-2H3. The zero-order valence-electron chi connectivity index (χ0n) is 15.4. The largest absolute Gasteiger partial charge is 0.349 e. The van der Waals surface area contributed by atoms with Gasteiger partial charge < -0.3 is 4.90 Å². The first-order valence-corrected chi connectivity index (χ1v) is 10.5. The molecule has 0 unspecified atom stereocenters. The van der Waals surface area contributed by atoms with E-state index in [-0.39, 0.29) is 37.2 Å². The van der Waals surface area contributed by atoms with Crippen molar-refractivity contribution in [3.8, 4) is 0 Å². The zero-order valence-corrected chi connectivity index (χ0v) is 16.2. The van der Waals surface area contributed by atoms with Crippen LogP contribution in [0.3, 0.4) is 0 Å². The Labute approximate surface area is 158 Å². The summed E-state index contributed by atoms with van der Waals surface area (Å²) in [5, 5.41) is 0. The molecule has 2 aliphatic rings. The lowest BCUT2D eigenvalue weighted by Crippen LogP contribution is -2.45. The fourth-order valence-corrected chi connectivity index (χ4v) is 4.96. The number of sulfonamides is 1. The lowest BCUT2D eigenvalue weighted by Gasteiger charge is -2.32. The summed E-state index contributed by atoms with van der Waals surface area (Å²) in [5.41, 5.74) is 0.617. The number of rotatable bonds is 5. The first-order chi connectivity index (χ1) is 12.7. The fraction of sp³-hybridized carbons (Fsp3) is 0.500. The molecule has 1 saturated heterocycles. The van der Waals surface area contributed by atoms with Crippen molar-refractivity contribution in [1.29, 1.82) is 0 Å². The molecular formula is C18H23N3O5S. The first-order valence-electron chi connectivity index (χ1n) is 8.86. The van der Waals surface area contributed by atoms with Crippen LogP contribution in [-0.4, -0.2) is 79.7 Å². The molecule has 9 heteroatoms. The van der Waals surface area contributed by atoms with E-state index in [1.54, 1.807) is 38.4 Å². The Balaban J connectivity index is 1.60. The molecule has 0 atom stereocenters. The number of carbonyl (C=O) groups excluding carboxylic acids is 3. The second kappa shape index (κ2) is 7.40.